The largest absolute Gasteiger partial charge is 0.354 e. The van der Waals surface area contributed by atoms with Gasteiger partial charge in [0.1, 0.15) is 11.6 Å². The van der Waals surface area contributed by atoms with Crippen LogP contribution in [0.1, 0.15) is 25.8 Å². The molecule has 120 valence electrons. The van der Waals surface area contributed by atoms with Gasteiger partial charge in [-0.3, -0.25) is 9.48 Å². The number of carbonyl (C=O) groups is 1. The summed E-state index contributed by atoms with van der Waals surface area (Å²) in [5.74, 6) is -0.000326. The molecule has 7 nitrogen and oxygen atoms in total. The summed E-state index contributed by atoms with van der Waals surface area (Å²) in [7, 11) is 0. The highest BCUT2D eigenvalue weighted by Crippen LogP contribution is 2.11. The predicted molar refractivity (Wildman–Crippen MR) is 86.7 cm³/mol. The minimum Gasteiger partial charge on any atom is -0.354 e. The van der Waals surface area contributed by atoms with Gasteiger partial charge >= 0.3 is 0 Å². The van der Waals surface area contributed by atoms with Gasteiger partial charge in [-0.25, -0.2) is 4.68 Å². The van der Waals surface area contributed by atoms with E-state index < -0.39 is 0 Å². The van der Waals surface area contributed by atoms with Crippen LogP contribution < -0.4 is 5.32 Å². The van der Waals surface area contributed by atoms with Gasteiger partial charge in [-0.1, -0.05) is 24.3 Å². The Morgan fingerprint density at radius 2 is 2.17 bits per heavy atom. The molecule has 0 aliphatic carbocycles. The molecule has 0 saturated carbocycles. The third-order valence-corrected chi connectivity index (χ3v) is 3.80. The minimum atomic E-state index is -0.253. The Hall–Kier alpha value is -2.70. The summed E-state index contributed by atoms with van der Waals surface area (Å²) < 4.78 is 3.56. The molecule has 1 atom stereocenters. The van der Waals surface area contributed by atoms with E-state index in [0.717, 1.165) is 24.0 Å². The molecule has 0 aliphatic heterocycles. The number of carbonyl (C=O) groups excluding carboxylic acids is 1. The Balaban J connectivity index is 1.50. The first-order valence-corrected chi connectivity index (χ1v) is 7.84. The second-order valence-electron chi connectivity index (χ2n) is 5.36. The summed E-state index contributed by atoms with van der Waals surface area (Å²) in [6.07, 6.45) is 5.01. The molecular formula is C16H20N6O. The highest BCUT2D eigenvalue weighted by Gasteiger charge is 2.17. The number of nitrogens with one attached hydrogen (secondary N) is 1. The molecule has 3 aromatic rings. The average molecular weight is 312 g/mol. The fraction of sp³-hybridized carbons (Fsp3) is 0.375. The number of fused-ring (bicyclic) bond motifs is 1. The van der Waals surface area contributed by atoms with Crippen LogP contribution in [-0.2, 0) is 11.3 Å². The maximum absolute atomic E-state index is 12.2. The van der Waals surface area contributed by atoms with Gasteiger partial charge in [-0.05, 0) is 31.0 Å². The molecule has 1 aromatic carbocycles. The highest BCUT2D eigenvalue weighted by molar-refractivity contribution is 5.80. The van der Waals surface area contributed by atoms with Crippen molar-refractivity contribution in [3.8, 4) is 0 Å². The van der Waals surface area contributed by atoms with Gasteiger partial charge in [0.25, 0.3) is 0 Å². The van der Waals surface area contributed by atoms with Crippen molar-refractivity contribution in [2.24, 2.45) is 0 Å². The Kier molecular flexibility index (Phi) is 4.65. The number of para-hydroxylation sites is 1. The smallest absolute Gasteiger partial charge is 0.244 e. The molecule has 1 amide bonds. The first-order valence-electron chi connectivity index (χ1n) is 7.84. The second kappa shape index (κ2) is 7.04. The third-order valence-electron chi connectivity index (χ3n) is 3.80. The van der Waals surface area contributed by atoms with E-state index >= 15 is 0 Å². The van der Waals surface area contributed by atoms with Gasteiger partial charge in [0.15, 0.2) is 0 Å². The van der Waals surface area contributed by atoms with Crippen LogP contribution in [0.15, 0.2) is 42.7 Å². The van der Waals surface area contributed by atoms with Crippen molar-refractivity contribution in [2.45, 2.75) is 32.4 Å². The van der Waals surface area contributed by atoms with E-state index in [1.54, 1.807) is 10.9 Å². The minimum absolute atomic E-state index is 0.000326. The molecule has 2 aromatic heterocycles. The van der Waals surface area contributed by atoms with Crippen molar-refractivity contribution in [2.75, 3.05) is 6.54 Å². The van der Waals surface area contributed by atoms with Crippen molar-refractivity contribution in [1.82, 2.24) is 30.1 Å². The van der Waals surface area contributed by atoms with Gasteiger partial charge in [0.2, 0.25) is 5.91 Å². The van der Waals surface area contributed by atoms with E-state index in [-0.39, 0.29) is 11.9 Å². The van der Waals surface area contributed by atoms with Gasteiger partial charge in [-0.15, -0.1) is 5.10 Å². The molecule has 0 fully saturated rings. The molecule has 0 spiro atoms. The zero-order valence-corrected chi connectivity index (χ0v) is 13.1. The SMILES string of the molecule is CC[C@H](C(=O)NCCCn1nnc2ccccc21)n1cccn1. The first kappa shape index (κ1) is 15.2. The van der Waals surface area contributed by atoms with E-state index in [0.29, 0.717) is 13.0 Å². The van der Waals surface area contributed by atoms with Crippen molar-refractivity contribution >= 4 is 16.9 Å². The van der Waals surface area contributed by atoms with Gasteiger partial charge in [0, 0.05) is 25.5 Å². The summed E-state index contributed by atoms with van der Waals surface area (Å²) in [6, 6.07) is 9.43. The van der Waals surface area contributed by atoms with Crippen LogP contribution in [0.3, 0.4) is 0 Å². The lowest BCUT2D eigenvalue weighted by molar-refractivity contribution is -0.124. The Morgan fingerprint density at radius 1 is 1.30 bits per heavy atom. The van der Waals surface area contributed by atoms with E-state index in [2.05, 4.69) is 20.7 Å². The number of aryl methyl sites for hydroxylation is 1. The topological polar surface area (TPSA) is 77.6 Å². The van der Waals surface area contributed by atoms with Crippen LogP contribution in [0.5, 0.6) is 0 Å². The Labute approximate surface area is 134 Å². The van der Waals surface area contributed by atoms with Crippen molar-refractivity contribution < 1.29 is 4.79 Å². The third kappa shape index (κ3) is 3.39. The van der Waals surface area contributed by atoms with Crippen molar-refractivity contribution in [1.29, 1.82) is 0 Å². The number of rotatable bonds is 7. The van der Waals surface area contributed by atoms with Gasteiger partial charge in [0.05, 0.1) is 5.52 Å². The van der Waals surface area contributed by atoms with Gasteiger partial charge < -0.3 is 5.32 Å². The maximum atomic E-state index is 12.2. The van der Waals surface area contributed by atoms with E-state index in [1.807, 2.05) is 48.1 Å². The Morgan fingerprint density at radius 3 is 2.96 bits per heavy atom. The van der Waals surface area contributed by atoms with Crippen LogP contribution >= 0.6 is 0 Å². The van der Waals surface area contributed by atoms with Crippen LogP contribution in [-0.4, -0.2) is 37.2 Å². The van der Waals surface area contributed by atoms with E-state index in [1.165, 1.54) is 0 Å². The fourth-order valence-electron chi connectivity index (χ4n) is 2.60. The normalized spacial score (nSPS) is 12.4. The lowest BCUT2D eigenvalue weighted by atomic mass is 10.2. The molecule has 3 rings (SSSR count). The average Bonchev–Trinajstić information content (AvgIpc) is 3.22. The summed E-state index contributed by atoms with van der Waals surface area (Å²) in [4.78, 5) is 12.2. The number of hydrogen-bond donors (Lipinski definition) is 1. The number of aromatic nitrogens is 5. The standard InChI is InChI=1S/C16H20N6O/c1-2-14(21-11-6-10-18-21)16(23)17-9-5-12-22-15-8-4-3-7-13(15)19-20-22/h3-4,6-8,10-11,14H,2,5,9,12H2,1H3,(H,17,23)/t14-/m1/s1. The lowest BCUT2D eigenvalue weighted by Crippen LogP contribution is -2.33. The number of hydrogen-bond acceptors (Lipinski definition) is 4. The van der Waals surface area contributed by atoms with E-state index in [9.17, 15) is 4.79 Å². The summed E-state index contributed by atoms with van der Waals surface area (Å²) in [5.41, 5.74) is 1.91. The highest BCUT2D eigenvalue weighted by atomic mass is 16.2. The van der Waals surface area contributed by atoms with Crippen molar-refractivity contribution in [3.05, 3.63) is 42.7 Å². The monoisotopic (exact) mass is 312 g/mol. The molecule has 0 saturated heterocycles. The van der Waals surface area contributed by atoms with Crippen LogP contribution in [0.25, 0.3) is 11.0 Å². The molecule has 0 unspecified atom stereocenters. The quantitative estimate of drug-likeness (QED) is 0.675. The van der Waals surface area contributed by atoms with Crippen LogP contribution in [0.4, 0.5) is 0 Å². The molecule has 7 heteroatoms. The zero-order chi connectivity index (χ0) is 16.1. The van der Waals surface area contributed by atoms with Crippen LogP contribution in [0, 0.1) is 0 Å². The predicted octanol–water partition coefficient (Wildman–Crippen LogP) is 1.79. The van der Waals surface area contributed by atoms with Crippen LogP contribution in [0.2, 0.25) is 0 Å². The fourth-order valence-corrected chi connectivity index (χ4v) is 2.60. The van der Waals surface area contributed by atoms with Gasteiger partial charge in [-0.2, -0.15) is 5.10 Å². The second-order valence-corrected chi connectivity index (χ2v) is 5.36. The summed E-state index contributed by atoms with van der Waals surface area (Å²) >= 11 is 0. The number of benzene rings is 1. The lowest BCUT2D eigenvalue weighted by Gasteiger charge is -2.15. The molecule has 1 N–H and O–H groups in total. The molecule has 0 radical (unpaired) electrons. The Bertz CT molecular complexity index is 764. The summed E-state index contributed by atoms with van der Waals surface area (Å²) in [5, 5.41) is 15.4. The maximum Gasteiger partial charge on any atom is 0.244 e. The molecule has 0 bridgehead atoms. The van der Waals surface area contributed by atoms with E-state index in [4.69, 9.17) is 0 Å². The summed E-state index contributed by atoms with van der Waals surface area (Å²) in [6.45, 7) is 3.30. The molecule has 23 heavy (non-hydrogen) atoms. The number of amides is 1. The first-order chi connectivity index (χ1) is 11.3. The van der Waals surface area contributed by atoms with Crippen molar-refractivity contribution in [3.63, 3.8) is 0 Å². The molecular weight excluding hydrogens is 292 g/mol. The molecule has 2 heterocycles. The zero-order valence-electron chi connectivity index (χ0n) is 13.1. The number of nitrogens with zero attached hydrogens (tertiary/aromatic N) is 5. The molecule has 0 aliphatic rings.